The third-order valence-corrected chi connectivity index (χ3v) is 2.92. The number of nitrogens with two attached hydrogens (primary N) is 1. The molecule has 1 aromatic carbocycles. The first kappa shape index (κ1) is 16.3. The molecule has 7 nitrogen and oxygen atoms in total. The number of primary amides is 1. The van der Waals surface area contributed by atoms with Crippen molar-refractivity contribution in [1.82, 2.24) is 4.98 Å². The standard InChI is InChI=1S/C16H17N3O4/c1-22-16-13(6-3-8-18-16)15(21)19-11-4-2-5-12(10-11)23-9-7-14(17)20/h2-6,8,10H,7,9H2,1H3,(H2,17,20)(H,19,21). The van der Waals surface area contributed by atoms with E-state index < -0.39 is 5.91 Å². The number of hydrogen-bond acceptors (Lipinski definition) is 5. The SMILES string of the molecule is COc1ncccc1C(=O)Nc1cccc(OCCC(N)=O)c1. The minimum atomic E-state index is -0.432. The minimum absolute atomic E-state index is 0.128. The molecular formula is C16H17N3O4. The molecule has 0 fully saturated rings. The predicted octanol–water partition coefficient (Wildman–Crippen LogP) is 1.60. The van der Waals surface area contributed by atoms with Crippen LogP contribution in [-0.4, -0.2) is 30.5 Å². The first-order valence-electron chi connectivity index (χ1n) is 6.91. The quantitative estimate of drug-likeness (QED) is 0.807. The van der Waals surface area contributed by atoms with E-state index in [4.69, 9.17) is 15.2 Å². The summed E-state index contributed by atoms with van der Waals surface area (Å²) in [6.45, 7) is 0.184. The van der Waals surface area contributed by atoms with E-state index in [1.54, 1.807) is 42.6 Å². The van der Waals surface area contributed by atoms with E-state index in [9.17, 15) is 9.59 Å². The highest BCUT2D eigenvalue weighted by molar-refractivity contribution is 6.05. The molecule has 0 aliphatic rings. The monoisotopic (exact) mass is 315 g/mol. The number of anilines is 1. The summed E-state index contributed by atoms with van der Waals surface area (Å²) in [4.78, 5) is 26.9. The van der Waals surface area contributed by atoms with Gasteiger partial charge in [-0.05, 0) is 24.3 Å². The van der Waals surface area contributed by atoms with E-state index in [2.05, 4.69) is 10.3 Å². The zero-order valence-corrected chi connectivity index (χ0v) is 12.6. The Morgan fingerprint density at radius 1 is 1.26 bits per heavy atom. The van der Waals surface area contributed by atoms with E-state index in [1.807, 2.05) is 0 Å². The highest BCUT2D eigenvalue weighted by atomic mass is 16.5. The van der Waals surface area contributed by atoms with Crippen LogP contribution in [0.1, 0.15) is 16.8 Å². The Kier molecular flexibility index (Phi) is 5.51. The van der Waals surface area contributed by atoms with Gasteiger partial charge in [-0.3, -0.25) is 9.59 Å². The number of pyridine rings is 1. The molecule has 2 rings (SSSR count). The fourth-order valence-electron chi connectivity index (χ4n) is 1.86. The van der Waals surface area contributed by atoms with Crippen LogP contribution in [-0.2, 0) is 4.79 Å². The van der Waals surface area contributed by atoms with Crippen molar-refractivity contribution in [2.75, 3.05) is 19.0 Å². The second-order valence-corrected chi connectivity index (χ2v) is 4.61. The third-order valence-electron chi connectivity index (χ3n) is 2.92. The number of hydrogen-bond donors (Lipinski definition) is 2. The van der Waals surface area contributed by atoms with Crippen LogP contribution >= 0.6 is 0 Å². The van der Waals surface area contributed by atoms with Crippen molar-refractivity contribution < 1.29 is 19.1 Å². The molecule has 0 bridgehead atoms. The fraction of sp³-hybridized carbons (Fsp3) is 0.188. The topological polar surface area (TPSA) is 104 Å². The van der Waals surface area contributed by atoms with Crippen molar-refractivity contribution >= 4 is 17.5 Å². The molecule has 0 unspecified atom stereocenters. The second-order valence-electron chi connectivity index (χ2n) is 4.61. The number of amides is 2. The normalized spacial score (nSPS) is 9.96. The van der Waals surface area contributed by atoms with Crippen molar-refractivity contribution in [3.05, 3.63) is 48.2 Å². The fourth-order valence-corrected chi connectivity index (χ4v) is 1.86. The summed E-state index contributed by atoms with van der Waals surface area (Å²) >= 11 is 0. The largest absolute Gasteiger partial charge is 0.493 e. The maximum atomic E-state index is 12.3. The molecule has 3 N–H and O–H groups in total. The minimum Gasteiger partial charge on any atom is -0.493 e. The molecule has 0 saturated carbocycles. The Morgan fingerprint density at radius 2 is 2.09 bits per heavy atom. The molecule has 1 aromatic heterocycles. The Hall–Kier alpha value is -3.09. The van der Waals surface area contributed by atoms with Crippen LogP contribution in [0.4, 0.5) is 5.69 Å². The van der Waals surface area contributed by atoms with Crippen LogP contribution in [0.5, 0.6) is 11.6 Å². The lowest BCUT2D eigenvalue weighted by molar-refractivity contribution is -0.118. The second kappa shape index (κ2) is 7.79. The first-order chi connectivity index (χ1) is 11.1. The maximum Gasteiger partial charge on any atom is 0.261 e. The summed E-state index contributed by atoms with van der Waals surface area (Å²) in [6, 6.07) is 10.1. The number of carbonyl (C=O) groups excluding carboxylic acids is 2. The summed E-state index contributed by atoms with van der Waals surface area (Å²) in [6.07, 6.45) is 1.67. The van der Waals surface area contributed by atoms with Gasteiger partial charge < -0.3 is 20.5 Å². The van der Waals surface area contributed by atoms with Gasteiger partial charge in [0.15, 0.2) is 0 Å². The Bertz CT molecular complexity index is 703. The van der Waals surface area contributed by atoms with Crippen molar-refractivity contribution in [2.45, 2.75) is 6.42 Å². The molecule has 7 heteroatoms. The van der Waals surface area contributed by atoms with E-state index >= 15 is 0 Å². The van der Waals surface area contributed by atoms with Crippen molar-refractivity contribution in [1.29, 1.82) is 0 Å². The van der Waals surface area contributed by atoms with Gasteiger partial charge >= 0.3 is 0 Å². The van der Waals surface area contributed by atoms with Crippen LogP contribution in [0.3, 0.4) is 0 Å². The molecule has 120 valence electrons. The van der Waals surface area contributed by atoms with Crippen molar-refractivity contribution in [3.8, 4) is 11.6 Å². The molecule has 1 heterocycles. The average molecular weight is 315 g/mol. The zero-order chi connectivity index (χ0) is 16.7. The van der Waals surface area contributed by atoms with E-state index in [0.717, 1.165) is 0 Å². The van der Waals surface area contributed by atoms with Gasteiger partial charge in [-0.2, -0.15) is 0 Å². The summed E-state index contributed by atoms with van der Waals surface area (Å²) < 4.78 is 10.5. The third kappa shape index (κ3) is 4.70. The molecular weight excluding hydrogens is 298 g/mol. The summed E-state index contributed by atoms with van der Waals surface area (Å²) in [5.74, 6) is 0.00318. The molecule has 0 aliphatic carbocycles. The van der Waals surface area contributed by atoms with Gasteiger partial charge in [-0.25, -0.2) is 4.98 Å². The smallest absolute Gasteiger partial charge is 0.261 e. The van der Waals surface area contributed by atoms with Crippen molar-refractivity contribution in [2.24, 2.45) is 5.73 Å². The summed E-state index contributed by atoms with van der Waals surface area (Å²) in [7, 11) is 1.45. The number of aromatic nitrogens is 1. The van der Waals surface area contributed by atoms with Gasteiger partial charge in [0.05, 0.1) is 20.1 Å². The van der Waals surface area contributed by atoms with Crippen LogP contribution in [0.15, 0.2) is 42.6 Å². The van der Waals surface area contributed by atoms with E-state index in [-0.39, 0.29) is 24.8 Å². The van der Waals surface area contributed by atoms with Gasteiger partial charge in [0.1, 0.15) is 11.3 Å². The number of rotatable bonds is 7. The lowest BCUT2D eigenvalue weighted by Gasteiger charge is -2.10. The predicted molar refractivity (Wildman–Crippen MR) is 84.5 cm³/mol. The summed E-state index contributed by atoms with van der Waals surface area (Å²) in [5, 5.41) is 2.74. The first-order valence-corrected chi connectivity index (χ1v) is 6.91. The molecule has 0 spiro atoms. The number of carbonyl (C=O) groups is 2. The number of methoxy groups -OCH3 is 1. The molecule has 23 heavy (non-hydrogen) atoms. The lowest BCUT2D eigenvalue weighted by Crippen LogP contribution is -2.15. The Balaban J connectivity index is 2.05. The molecule has 0 aliphatic heterocycles. The molecule has 0 atom stereocenters. The molecule has 0 radical (unpaired) electrons. The Labute approximate surface area is 133 Å². The van der Waals surface area contributed by atoms with Gasteiger partial charge in [0, 0.05) is 18.0 Å². The van der Waals surface area contributed by atoms with Gasteiger partial charge in [-0.15, -0.1) is 0 Å². The number of nitrogens with zero attached hydrogens (tertiary/aromatic N) is 1. The lowest BCUT2D eigenvalue weighted by atomic mass is 10.2. The Morgan fingerprint density at radius 3 is 2.83 bits per heavy atom. The number of ether oxygens (including phenoxy) is 2. The van der Waals surface area contributed by atoms with Gasteiger partial charge in [0.2, 0.25) is 11.8 Å². The number of nitrogens with one attached hydrogen (secondary N) is 1. The van der Waals surface area contributed by atoms with Gasteiger partial charge in [0.25, 0.3) is 5.91 Å². The average Bonchev–Trinajstić information content (AvgIpc) is 2.54. The van der Waals surface area contributed by atoms with E-state index in [0.29, 0.717) is 17.0 Å². The zero-order valence-electron chi connectivity index (χ0n) is 12.6. The highest BCUT2D eigenvalue weighted by Gasteiger charge is 2.13. The van der Waals surface area contributed by atoms with Gasteiger partial charge in [-0.1, -0.05) is 6.07 Å². The molecule has 2 amide bonds. The van der Waals surface area contributed by atoms with Crippen LogP contribution in [0.2, 0.25) is 0 Å². The number of benzene rings is 1. The van der Waals surface area contributed by atoms with E-state index in [1.165, 1.54) is 7.11 Å². The van der Waals surface area contributed by atoms with Crippen molar-refractivity contribution in [3.63, 3.8) is 0 Å². The molecule has 2 aromatic rings. The van der Waals surface area contributed by atoms with Crippen LogP contribution in [0.25, 0.3) is 0 Å². The summed E-state index contributed by atoms with van der Waals surface area (Å²) in [5.41, 5.74) is 5.93. The van der Waals surface area contributed by atoms with Crippen LogP contribution in [0, 0.1) is 0 Å². The highest BCUT2D eigenvalue weighted by Crippen LogP contribution is 2.20. The maximum absolute atomic E-state index is 12.3. The van der Waals surface area contributed by atoms with Crippen LogP contribution < -0.4 is 20.5 Å². The molecule has 0 saturated heterocycles.